The average Bonchev–Trinajstić information content (AvgIpc) is 3.06. The van der Waals surface area contributed by atoms with E-state index in [9.17, 15) is 9.18 Å². The van der Waals surface area contributed by atoms with Gasteiger partial charge in [-0.2, -0.15) is 0 Å². The largest absolute Gasteiger partial charge is 0.379 e. The number of carbonyl (C=O) groups excluding carboxylic acids is 1. The molecule has 3 unspecified atom stereocenters. The Hall–Kier alpha value is -1.54. The number of amides is 1. The highest BCUT2D eigenvalue weighted by molar-refractivity contribution is 5.82. The van der Waals surface area contributed by atoms with Crippen molar-refractivity contribution in [2.45, 2.75) is 31.5 Å². The highest BCUT2D eigenvalue weighted by Crippen LogP contribution is 2.22. The molecule has 1 aromatic rings. The van der Waals surface area contributed by atoms with Crippen LogP contribution in [0.5, 0.6) is 0 Å². The van der Waals surface area contributed by atoms with Crippen LogP contribution in [0.1, 0.15) is 24.9 Å². The second-order valence-corrected chi connectivity index (χ2v) is 6.50. The van der Waals surface area contributed by atoms with Gasteiger partial charge in [0.2, 0.25) is 5.91 Å². The first-order valence-corrected chi connectivity index (χ1v) is 8.49. The van der Waals surface area contributed by atoms with Crippen molar-refractivity contribution in [3.8, 4) is 0 Å². The van der Waals surface area contributed by atoms with Crippen molar-refractivity contribution in [3.63, 3.8) is 0 Å². The molecule has 2 saturated heterocycles. The molecular weight excluding hydrogens is 311 g/mol. The van der Waals surface area contributed by atoms with Crippen molar-refractivity contribution in [2.75, 3.05) is 32.8 Å². The van der Waals surface area contributed by atoms with E-state index in [2.05, 4.69) is 21.1 Å². The Labute approximate surface area is 141 Å². The molecule has 1 amide bonds. The third-order valence-corrected chi connectivity index (χ3v) is 4.52. The molecular formula is C17H25FN4O2. The van der Waals surface area contributed by atoms with Crippen LogP contribution in [0.3, 0.4) is 0 Å². The molecule has 0 radical (unpaired) electrons. The first kappa shape index (κ1) is 17.3. The normalized spacial score (nSPS) is 26.2. The van der Waals surface area contributed by atoms with E-state index in [1.54, 1.807) is 12.1 Å². The van der Waals surface area contributed by atoms with E-state index in [1.807, 2.05) is 6.92 Å². The molecule has 3 rings (SSSR count). The number of hydrazine groups is 1. The lowest BCUT2D eigenvalue weighted by Crippen LogP contribution is -2.50. The Kier molecular flexibility index (Phi) is 5.78. The fourth-order valence-corrected chi connectivity index (χ4v) is 3.20. The minimum absolute atomic E-state index is 0.00660. The number of morpholine rings is 1. The molecule has 6 nitrogen and oxygen atoms in total. The molecule has 0 bridgehead atoms. The monoisotopic (exact) mass is 336 g/mol. The third-order valence-electron chi connectivity index (χ3n) is 4.52. The molecule has 0 saturated carbocycles. The summed E-state index contributed by atoms with van der Waals surface area (Å²) in [6.45, 7) is 6.19. The first-order valence-electron chi connectivity index (χ1n) is 8.49. The fourth-order valence-electron chi connectivity index (χ4n) is 3.20. The van der Waals surface area contributed by atoms with Crippen LogP contribution < -0.4 is 16.2 Å². The van der Waals surface area contributed by atoms with E-state index in [1.165, 1.54) is 12.1 Å². The predicted octanol–water partition coefficient (Wildman–Crippen LogP) is 0.570. The summed E-state index contributed by atoms with van der Waals surface area (Å²) in [6, 6.07) is 6.18. The predicted molar refractivity (Wildman–Crippen MR) is 88.7 cm³/mol. The minimum Gasteiger partial charge on any atom is -0.379 e. The molecule has 3 N–H and O–H groups in total. The molecule has 2 fully saturated rings. The SMILES string of the molecule is CC(CN1CCOCC1)NC(=O)C1CC(c2ccc(F)cc2)NN1. The Morgan fingerprint density at radius 1 is 1.33 bits per heavy atom. The van der Waals surface area contributed by atoms with Gasteiger partial charge < -0.3 is 10.1 Å². The summed E-state index contributed by atoms with van der Waals surface area (Å²) in [4.78, 5) is 14.7. The summed E-state index contributed by atoms with van der Waals surface area (Å²) in [5.74, 6) is -0.260. The van der Waals surface area contributed by atoms with Gasteiger partial charge >= 0.3 is 0 Å². The van der Waals surface area contributed by atoms with Gasteiger partial charge in [0.05, 0.1) is 13.2 Å². The summed E-state index contributed by atoms with van der Waals surface area (Å²) in [5, 5.41) is 3.07. The van der Waals surface area contributed by atoms with Crippen LogP contribution in [-0.2, 0) is 9.53 Å². The van der Waals surface area contributed by atoms with Crippen molar-refractivity contribution < 1.29 is 13.9 Å². The van der Waals surface area contributed by atoms with Crippen molar-refractivity contribution >= 4 is 5.91 Å². The van der Waals surface area contributed by atoms with Crippen molar-refractivity contribution in [3.05, 3.63) is 35.6 Å². The number of carbonyl (C=O) groups is 1. The summed E-state index contributed by atoms with van der Waals surface area (Å²) < 4.78 is 18.3. The molecule has 2 heterocycles. The quantitative estimate of drug-likeness (QED) is 0.734. The minimum atomic E-state index is -0.285. The van der Waals surface area contributed by atoms with Crippen LogP contribution >= 0.6 is 0 Å². The number of hydrogen-bond donors (Lipinski definition) is 3. The summed E-state index contributed by atoms with van der Waals surface area (Å²) >= 11 is 0. The number of hydrogen-bond acceptors (Lipinski definition) is 5. The molecule has 132 valence electrons. The second kappa shape index (κ2) is 8.02. The highest BCUT2D eigenvalue weighted by Gasteiger charge is 2.30. The lowest BCUT2D eigenvalue weighted by atomic mass is 10.0. The van der Waals surface area contributed by atoms with E-state index < -0.39 is 0 Å². The Bertz CT molecular complexity index is 548. The first-order chi connectivity index (χ1) is 11.6. The van der Waals surface area contributed by atoms with Crippen LogP contribution in [0.2, 0.25) is 0 Å². The standard InChI is InChI=1S/C17H25FN4O2/c1-12(11-22-6-8-24-9-7-22)19-17(23)16-10-15(20-21-16)13-2-4-14(18)5-3-13/h2-5,12,15-16,20-21H,6-11H2,1H3,(H,19,23). The van der Waals surface area contributed by atoms with Gasteiger partial charge in [-0.3, -0.25) is 9.69 Å². The van der Waals surface area contributed by atoms with Crippen molar-refractivity contribution in [2.24, 2.45) is 0 Å². The van der Waals surface area contributed by atoms with Crippen molar-refractivity contribution in [1.82, 2.24) is 21.1 Å². The summed E-state index contributed by atoms with van der Waals surface area (Å²) in [6.07, 6.45) is 0.641. The third kappa shape index (κ3) is 4.51. The van der Waals surface area contributed by atoms with E-state index in [0.29, 0.717) is 6.42 Å². The molecule has 0 aromatic heterocycles. The summed E-state index contributed by atoms with van der Waals surface area (Å²) in [7, 11) is 0. The molecule has 24 heavy (non-hydrogen) atoms. The Balaban J connectivity index is 1.46. The molecule has 0 spiro atoms. The molecule has 1 aromatic carbocycles. The van der Waals surface area contributed by atoms with Gasteiger partial charge in [-0.25, -0.2) is 15.2 Å². The zero-order valence-corrected chi connectivity index (χ0v) is 13.9. The lowest BCUT2D eigenvalue weighted by molar-refractivity contribution is -0.123. The van der Waals surface area contributed by atoms with Crippen LogP contribution in [-0.4, -0.2) is 55.7 Å². The fraction of sp³-hybridized carbons (Fsp3) is 0.588. The number of nitrogens with one attached hydrogen (secondary N) is 3. The molecule has 7 heteroatoms. The highest BCUT2D eigenvalue weighted by atomic mass is 19.1. The maximum absolute atomic E-state index is 13.0. The van der Waals surface area contributed by atoms with Crippen LogP contribution in [0, 0.1) is 5.82 Å². The van der Waals surface area contributed by atoms with Gasteiger partial charge in [-0.1, -0.05) is 12.1 Å². The van der Waals surface area contributed by atoms with Gasteiger partial charge in [0.1, 0.15) is 11.9 Å². The smallest absolute Gasteiger partial charge is 0.238 e. The lowest BCUT2D eigenvalue weighted by Gasteiger charge is -2.29. The number of halogens is 1. The van der Waals surface area contributed by atoms with E-state index >= 15 is 0 Å². The van der Waals surface area contributed by atoms with Gasteiger partial charge in [0.15, 0.2) is 0 Å². The van der Waals surface area contributed by atoms with Gasteiger partial charge in [0.25, 0.3) is 0 Å². The average molecular weight is 336 g/mol. The zero-order valence-electron chi connectivity index (χ0n) is 13.9. The van der Waals surface area contributed by atoms with Gasteiger partial charge in [0, 0.05) is 31.7 Å². The zero-order chi connectivity index (χ0) is 16.9. The molecule has 3 atom stereocenters. The van der Waals surface area contributed by atoms with Crippen LogP contribution in [0.4, 0.5) is 4.39 Å². The van der Waals surface area contributed by atoms with Gasteiger partial charge in [-0.05, 0) is 31.0 Å². The maximum atomic E-state index is 13.0. The Morgan fingerprint density at radius 2 is 2.04 bits per heavy atom. The number of rotatable bonds is 5. The van der Waals surface area contributed by atoms with E-state index in [-0.39, 0.29) is 29.8 Å². The number of benzene rings is 1. The Morgan fingerprint density at radius 3 is 2.75 bits per heavy atom. The van der Waals surface area contributed by atoms with Crippen LogP contribution in [0.15, 0.2) is 24.3 Å². The van der Waals surface area contributed by atoms with E-state index in [4.69, 9.17) is 4.74 Å². The van der Waals surface area contributed by atoms with E-state index in [0.717, 1.165) is 38.4 Å². The maximum Gasteiger partial charge on any atom is 0.238 e. The summed E-state index contributed by atoms with van der Waals surface area (Å²) in [5.41, 5.74) is 7.13. The molecule has 2 aliphatic rings. The molecule has 0 aliphatic carbocycles. The van der Waals surface area contributed by atoms with Crippen molar-refractivity contribution in [1.29, 1.82) is 0 Å². The van der Waals surface area contributed by atoms with Crippen LogP contribution in [0.25, 0.3) is 0 Å². The molecule has 2 aliphatic heterocycles. The number of nitrogens with zero attached hydrogens (tertiary/aromatic N) is 1. The van der Waals surface area contributed by atoms with Gasteiger partial charge in [-0.15, -0.1) is 0 Å². The number of ether oxygens (including phenoxy) is 1. The second-order valence-electron chi connectivity index (χ2n) is 6.50. The topological polar surface area (TPSA) is 65.6 Å².